The third-order valence-corrected chi connectivity index (χ3v) is 4.56. The summed E-state index contributed by atoms with van der Waals surface area (Å²) in [5.41, 5.74) is 1.10. The van der Waals surface area contributed by atoms with Crippen LogP contribution < -0.4 is 0 Å². The van der Waals surface area contributed by atoms with Gasteiger partial charge in [0.1, 0.15) is 5.01 Å². The van der Waals surface area contributed by atoms with Gasteiger partial charge in [-0.2, -0.15) is 0 Å². The van der Waals surface area contributed by atoms with Crippen LogP contribution >= 0.6 is 22.7 Å². The summed E-state index contributed by atoms with van der Waals surface area (Å²) >= 11 is 3.42. The number of nitrogens with zero attached hydrogens (tertiary/aromatic N) is 2. The molecule has 0 fully saturated rings. The van der Waals surface area contributed by atoms with Crippen LogP contribution in [0.15, 0.2) is 22.9 Å². The molecule has 1 N–H and O–H groups in total. The molecule has 0 spiro atoms. The van der Waals surface area contributed by atoms with Crippen molar-refractivity contribution in [3.63, 3.8) is 0 Å². The number of hydrogen-bond acceptors (Lipinski definition) is 5. The average Bonchev–Trinajstić information content (AvgIpc) is 2.98. The van der Waals surface area contributed by atoms with Crippen LogP contribution in [-0.4, -0.2) is 34.7 Å². The Morgan fingerprint density at radius 3 is 2.89 bits per heavy atom. The molecule has 2 heterocycles. The summed E-state index contributed by atoms with van der Waals surface area (Å²) in [5, 5.41) is 14.3. The molecule has 98 valence electrons. The first-order valence-corrected chi connectivity index (χ1v) is 7.91. The lowest BCUT2D eigenvalue weighted by atomic mass is 10.3. The van der Waals surface area contributed by atoms with Gasteiger partial charge in [-0.1, -0.05) is 13.0 Å². The van der Waals surface area contributed by atoms with E-state index in [0.29, 0.717) is 0 Å². The molecule has 0 aliphatic carbocycles. The smallest absolute Gasteiger partial charge is 0.133 e. The van der Waals surface area contributed by atoms with Crippen molar-refractivity contribution in [2.24, 2.45) is 0 Å². The van der Waals surface area contributed by atoms with Crippen LogP contribution in [-0.2, 0) is 6.54 Å². The van der Waals surface area contributed by atoms with E-state index in [2.05, 4.69) is 39.7 Å². The van der Waals surface area contributed by atoms with E-state index < -0.39 is 0 Å². The molecule has 0 unspecified atom stereocenters. The molecule has 2 rings (SSSR count). The van der Waals surface area contributed by atoms with Gasteiger partial charge in [-0.15, -0.1) is 22.7 Å². The minimum absolute atomic E-state index is 0.210. The monoisotopic (exact) mass is 282 g/mol. The summed E-state index contributed by atoms with van der Waals surface area (Å²) in [6.07, 6.45) is 1.10. The Kier molecular flexibility index (Phi) is 5.31. The number of rotatable bonds is 7. The summed E-state index contributed by atoms with van der Waals surface area (Å²) in [6, 6.07) is 4.15. The van der Waals surface area contributed by atoms with E-state index in [1.54, 1.807) is 22.7 Å². The Balaban J connectivity index is 2.01. The molecular formula is C13H18N2OS2. The lowest BCUT2D eigenvalue weighted by Gasteiger charge is -2.18. The van der Waals surface area contributed by atoms with Gasteiger partial charge in [0, 0.05) is 18.5 Å². The van der Waals surface area contributed by atoms with Crippen molar-refractivity contribution in [3.05, 3.63) is 28.6 Å². The van der Waals surface area contributed by atoms with Crippen molar-refractivity contribution in [1.82, 2.24) is 9.88 Å². The molecule has 5 heteroatoms. The maximum absolute atomic E-state index is 9.04. The first-order chi connectivity index (χ1) is 8.83. The summed E-state index contributed by atoms with van der Waals surface area (Å²) in [7, 11) is 0. The molecular weight excluding hydrogens is 264 g/mol. The van der Waals surface area contributed by atoms with Gasteiger partial charge in [0.15, 0.2) is 0 Å². The molecule has 0 bridgehead atoms. The maximum atomic E-state index is 9.04. The quantitative estimate of drug-likeness (QED) is 0.848. The zero-order chi connectivity index (χ0) is 12.8. The van der Waals surface area contributed by atoms with Gasteiger partial charge in [-0.05, 0) is 24.4 Å². The fraction of sp³-hybridized carbons (Fsp3) is 0.462. The van der Waals surface area contributed by atoms with Gasteiger partial charge in [0.25, 0.3) is 0 Å². The highest BCUT2D eigenvalue weighted by Gasteiger charge is 2.09. The van der Waals surface area contributed by atoms with E-state index in [9.17, 15) is 0 Å². The predicted octanol–water partition coefficient (Wildman–Crippen LogP) is 3.08. The Hall–Kier alpha value is -0.750. The van der Waals surface area contributed by atoms with Gasteiger partial charge in [0.05, 0.1) is 17.2 Å². The van der Waals surface area contributed by atoms with Crippen molar-refractivity contribution >= 4 is 22.7 Å². The summed E-state index contributed by atoms with van der Waals surface area (Å²) in [6.45, 7) is 4.92. The minimum atomic E-state index is 0.210. The molecule has 0 aromatic carbocycles. The van der Waals surface area contributed by atoms with Crippen molar-refractivity contribution in [3.8, 4) is 9.88 Å². The van der Waals surface area contributed by atoms with Crippen molar-refractivity contribution in [2.75, 3.05) is 19.7 Å². The average molecular weight is 282 g/mol. The van der Waals surface area contributed by atoms with Crippen LogP contribution in [0.25, 0.3) is 9.88 Å². The van der Waals surface area contributed by atoms with Crippen LogP contribution in [0.2, 0.25) is 0 Å². The Labute approximate surface area is 116 Å². The van der Waals surface area contributed by atoms with E-state index in [4.69, 9.17) is 5.11 Å². The standard InChI is InChI=1S/C13H18N2OS2/c1-2-5-15(6-7-16)9-11-10-18-13(14-11)12-4-3-8-17-12/h3-4,8,10,16H,2,5-7,9H2,1H3. The van der Waals surface area contributed by atoms with E-state index in [1.807, 2.05) is 0 Å². The number of aromatic nitrogens is 1. The van der Waals surface area contributed by atoms with Gasteiger partial charge < -0.3 is 5.11 Å². The summed E-state index contributed by atoms with van der Waals surface area (Å²) in [5.74, 6) is 0. The largest absolute Gasteiger partial charge is 0.395 e. The molecule has 0 aliphatic heterocycles. The Bertz CT molecular complexity index is 447. The third kappa shape index (κ3) is 3.62. The van der Waals surface area contributed by atoms with Crippen molar-refractivity contribution in [1.29, 1.82) is 0 Å². The van der Waals surface area contributed by atoms with E-state index in [1.165, 1.54) is 4.88 Å². The first-order valence-electron chi connectivity index (χ1n) is 6.15. The lowest BCUT2D eigenvalue weighted by Crippen LogP contribution is -2.27. The topological polar surface area (TPSA) is 36.4 Å². The van der Waals surface area contributed by atoms with Crippen molar-refractivity contribution < 1.29 is 5.11 Å². The molecule has 0 atom stereocenters. The van der Waals surface area contributed by atoms with Crippen LogP contribution in [0.3, 0.4) is 0 Å². The Morgan fingerprint density at radius 2 is 2.22 bits per heavy atom. The van der Waals surface area contributed by atoms with Crippen LogP contribution in [0.5, 0.6) is 0 Å². The van der Waals surface area contributed by atoms with Gasteiger partial charge in [-0.25, -0.2) is 4.98 Å². The number of thiazole rings is 1. The van der Waals surface area contributed by atoms with Gasteiger partial charge >= 0.3 is 0 Å². The van der Waals surface area contributed by atoms with Crippen LogP contribution in [0, 0.1) is 0 Å². The zero-order valence-corrected chi connectivity index (χ0v) is 12.1. The highest BCUT2D eigenvalue weighted by molar-refractivity contribution is 7.20. The zero-order valence-electron chi connectivity index (χ0n) is 10.5. The second kappa shape index (κ2) is 6.99. The van der Waals surface area contributed by atoms with Gasteiger partial charge in [-0.3, -0.25) is 4.90 Å². The maximum Gasteiger partial charge on any atom is 0.133 e. The van der Waals surface area contributed by atoms with E-state index in [-0.39, 0.29) is 6.61 Å². The third-order valence-electron chi connectivity index (χ3n) is 2.63. The Morgan fingerprint density at radius 1 is 1.33 bits per heavy atom. The highest BCUT2D eigenvalue weighted by Crippen LogP contribution is 2.28. The summed E-state index contributed by atoms with van der Waals surface area (Å²) in [4.78, 5) is 8.14. The first kappa shape index (κ1) is 13.7. The fourth-order valence-corrected chi connectivity index (χ4v) is 3.47. The number of hydrogen-bond donors (Lipinski definition) is 1. The fourth-order valence-electron chi connectivity index (χ4n) is 1.85. The van der Waals surface area contributed by atoms with E-state index >= 15 is 0 Å². The molecule has 18 heavy (non-hydrogen) atoms. The molecule has 0 aliphatic rings. The van der Waals surface area contributed by atoms with Crippen LogP contribution in [0.4, 0.5) is 0 Å². The number of aliphatic hydroxyl groups excluding tert-OH is 1. The van der Waals surface area contributed by atoms with E-state index in [0.717, 1.165) is 36.8 Å². The molecule has 3 nitrogen and oxygen atoms in total. The van der Waals surface area contributed by atoms with Crippen LogP contribution in [0.1, 0.15) is 19.0 Å². The lowest BCUT2D eigenvalue weighted by molar-refractivity contribution is 0.189. The van der Waals surface area contributed by atoms with Gasteiger partial charge in [0.2, 0.25) is 0 Å². The second-order valence-electron chi connectivity index (χ2n) is 4.12. The normalized spacial score (nSPS) is 11.3. The minimum Gasteiger partial charge on any atom is -0.395 e. The SMILES string of the molecule is CCCN(CCO)Cc1csc(-c2cccs2)n1. The van der Waals surface area contributed by atoms with Crippen molar-refractivity contribution in [2.45, 2.75) is 19.9 Å². The highest BCUT2D eigenvalue weighted by atomic mass is 32.1. The second-order valence-corrected chi connectivity index (χ2v) is 5.93. The predicted molar refractivity (Wildman–Crippen MR) is 78.1 cm³/mol. The molecule has 0 amide bonds. The molecule has 2 aromatic rings. The summed E-state index contributed by atoms with van der Waals surface area (Å²) < 4.78 is 0. The number of thiophene rings is 1. The number of aliphatic hydroxyl groups is 1. The molecule has 0 saturated heterocycles. The molecule has 0 radical (unpaired) electrons. The molecule has 2 aromatic heterocycles. The molecule has 0 saturated carbocycles.